The number of rotatable bonds is 6. The molecule has 1 aliphatic heterocycles. The highest BCUT2D eigenvalue weighted by Crippen LogP contribution is 2.19. The summed E-state index contributed by atoms with van der Waals surface area (Å²) in [5.41, 5.74) is 2.79. The van der Waals surface area contributed by atoms with Crippen molar-refractivity contribution in [2.45, 2.75) is 6.42 Å². The van der Waals surface area contributed by atoms with Crippen molar-refractivity contribution in [2.75, 3.05) is 39.4 Å². The molecule has 0 bridgehead atoms. The predicted octanol–water partition coefficient (Wildman–Crippen LogP) is 2.07. The standard InChI is InChI=1S/C20H22N4O2/c21-14-19-6-5-18(15-23-19)16-3-1-4-17(13-16)20(25)22-7-2-8-24-9-11-26-12-10-24/h1,3-6,13,15H,2,7-12H2,(H,22,25). The first kappa shape index (κ1) is 18.1. The van der Waals surface area contributed by atoms with Gasteiger partial charge in [-0.3, -0.25) is 9.69 Å². The van der Waals surface area contributed by atoms with Crippen LogP contribution in [0.15, 0.2) is 42.6 Å². The van der Waals surface area contributed by atoms with Gasteiger partial charge in [0, 0.05) is 37.0 Å². The summed E-state index contributed by atoms with van der Waals surface area (Å²) in [5.74, 6) is -0.0737. The molecular weight excluding hydrogens is 328 g/mol. The average Bonchev–Trinajstić information content (AvgIpc) is 2.72. The molecule has 0 aliphatic carbocycles. The summed E-state index contributed by atoms with van der Waals surface area (Å²) < 4.78 is 5.33. The Kier molecular flexibility index (Phi) is 6.31. The Morgan fingerprint density at radius 1 is 1.23 bits per heavy atom. The van der Waals surface area contributed by atoms with E-state index in [1.54, 1.807) is 18.3 Å². The number of nitrogens with one attached hydrogen (secondary N) is 1. The van der Waals surface area contributed by atoms with E-state index < -0.39 is 0 Å². The van der Waals surface area contributed by atoms with E-state index in [1.165, 1.54) is 0 Å². The molecule has 3 rings (SSSR count). The molecule has 0 unspecified atom stereocenters. The number of pyridine rings is 1. The summed E-state index contributed by atoms with van der Waals surface area (Å²) in [6, 6.07) is 13.0. The van der Waals surface area contributed by atoms with Gasteiger partial charge in [0.2, 0.25) is 0 Å². The molecule has 0 atom stereocenters. The molecule has 1 amide bonds. The molecule has 1 aliphatic rings. The largest absolute Gasteiger partial charge is 0.379 e. The van der Waals surface area contributed by atoms with Crippen LogP contribution in [0, 0.1) is 11.3 Å². The third-order valence-corrected chi connectivity index (χ3v) is 4.38. The number of nitrogens with zero attached hydrogens (tertiary/aromatic N) is 3. The van der Waals surface area contributed by atoms with Gasteiger partial charge in [-0.2, -0.15) is 5.26 Å². The fraction of sp³-hybridized carbons (Fsp3) is 0.350. The van der Waals surface area contributed by atoms with Crippen molar-refractivity contribution in [1.82, 2.24) is 15.2 Å². The Labute approximate surface area is 153 Å². The molecule has 1 aromatic carbocycles. The maximum Gasteiger partial charge on any atom is 0.251 e. The number of hydrogen-bond donors (Lipinski definition) is 1. The first-order chi connectivity index (χ1) is 12.8. The third kappa shape index (κ3) is 4.88. The van der Waals surface area contributed by atoms with Crippen LogP contribution in [0.2, 0.25) is 0 Å². The topological polar surface area (TPSA) is 78.2 Å². The van der Waals surface area contributed by atoms with Crippen molar-refractivity contribution in [3.05, 3.63) is 53.9 Å². The Morgan fingerprint density at radius 3 is 2.81 bits per heavy atom. The lowest BCUT2D eigenvalue weighted by atomic mass is 10.0. The average molecular weight is 350 g/mol. The minimum absolute atomic E-state index is 0.0737. The number of amides is 1. The number of carbonyl (C=O) groups is 1. The fourth-order valence-corrected chi connectivity index (χ4v) is 2.90. The highest BCUT2D eigenvalue weighted by Gasteiger charge is 2.10. The van der Waals surface area contributed by atoms with Gasteiger partial charge in [-0.1, -0.05) is 12.1 Å². The quantitative estimate of drug-likeness (QED) is 0.807. The lowest BCUT2D eigenvalue weighted by molar-refractivity contribution is 0.0374. The Hall–Kier alpha value is -2.75. The van der Waals surface area contributed by atoms with E-state index in [1.807, 2.05) is 30.3 Å². The van der Waals surface area contributed by atoms with Gasteiger partial charge < -0.3 is 10.1 Å². The first-order valence-corrected chi connectivity index (χ1v) is 8.81. The van der Waals surface area contributed by atoms with E-state index in [0.29, 0.717) is 17.8 Å². The molecule has 134 valence electrons. The molecule has 6 nitrogen and oxygen atoms in total. The Balaban J connectivity index is 1.53. The zero-order chi connectivity index (χ0) is 18.2. The van der Waals surface area contributed by atoms with Crippen molar-refractivity contribution in [1.29, 1.82) is 5.26 Å². The normalized spacial score (nSPS) is 14.6. The van der Waals surface area contributed by atoms with Gasteiger partial charge in [0.25, 0.3) is 5.91 Å². The van der Waals surface area contributed by atoms with Crippen LogP contribution in [0.5, 0.6) is 0 Å². The molecular formula is C20H22N4O2. The maximum atomic E-state index is 12.4. The third-order valence-electron chi connectivity index (χ3n) is 4.38. The van der Waals surface area contributed by atoms with Gasteiger partial charge >= 0.3 is 0 Å². The van der Waals surface area contributed by atoms with E-state index in [9.17, 15) is 4.79 Å². The second-order valence-corrected chi connectivity index (χ2v) is 6.19. The first-order valence-electron chi connectivity index (χ1n) is 8.81. The van der Waals surface area contributed by atoms with Crippen LogP contribution >= 0.6 is 0 Å². The van der Waals surface area contributed by atoms with Crippen LogP contribution in [0.25, 0.3) is 11.1 Å². The maximum absolute atomic E-state index is 12.4. The van der Waals surface area contributed by atoms with Gasteiger partial charge in [-0.15, -0.1) is 0 Å². The molecule has 0 spiro atoms. The lowest BCUT2D eigenvalue weighted by Crippen LogP contribution is -2.38. The van der Waals surface area contributed by atoms with Gasteiger partial charge in [-0.05, 0) is 42.8 Å². The minimum Gasteiger partial charge on any atom is -0.379 e. The molecule has 1 N–H and O–H groups in total. The Morgan fingerprint density at radius 2 is 2.08 bits per heavy atom. The summed E-state index contributed by atoms with van der Waals surface area (Å²) in [4.78, 5) is 18.8. The zero-order valence-electron chi connectivity index (χ0n) is 14.6. The molecule has 6 heteroatoms. The molecule has 0 saturated carbocycles. The second-order valence-electron chi connectivity index (χ2n) is 6.19. The van der Waals surface area contributed by atoms with E-state index in [0.717, 1.165) is 50.4 Å². The second kappa shape index (κ2) is 9.09. The van der Waals surface area contributed by atoms with Crippen molar-refractivity contribution >= 4 is 5.91 Å². The number of morpholine rings is 1. The number of carbonyl (C=O) groups excluding carboxylic acids is 1. The molecule has 26 heavy (non-hydrogen) atoms. The lowest BCUT2D eigenvalue weighted by Gasteiger charge is -2.26. The smallest absolute Gasteiger partial charge is 0.251 e. The number of benzene rings is 1. The predicted molar refractivity (Wildman–Crippen MR) is 98.6 cm³/mol. The molecule has 0 radical (unpaired) electrons. The Bertz CT molecular complexity index is 777. The summed E-state index contributed by atoms with van der Waals surface area (Å²) in [6.45, 7) is 5.15. The summed E-state index contributed by atoms with van der Waals surface area (Å²) in [5, 5.41) is 11.8. The van der Waals surface area contributed by atoms with Crippen molar-refractivity contribution < 1.29 is 9.53 Å². The van der Waals surface area contributed by atoms with Crippen LogP contribution in [-0.2, 0) is 4.74 Å². The summed E-state index contributed by atoms with van der Waals surface area (Å²) in [6.07, 6.45) is 2.57. The van der Waals surface area contributed by atoms with Crippen LogP contribution in [-0.4, -0.2) is 55.2 Å². The van der Waals surface area contributed by atoms with Crippen LogP contribution < -0.4 is 5.32 Å². The molecule has 1 aromatic heterocycles. The summed E-state index contributed by atoms with van der Waals surface area (Å²) in [7, 11) is 0. The number of nitriles is 1. The fourth-order valence-electron chi connectivity index (χ4n) is 2.90. The number of ether oxygens (including phenoxy) is 1. The van der Waals surface area contributed by atoms with Gasteiger partial charge in [-0.25, -0.2) is 4.98 Å². The van der Waals surface area contributed by atoms with Gasteiger partial charge in [0.1, 0.15) is 11.8 Å². The number of hydrogen-bond acceptors (Lipinski definition) is 5. The molecule has 2 aromatic rings. The van der Waals surface area contributed by atoms with E-state index >= 15 is 0 Å². The highest BCUT2D eigenvalue weighted by molar-refractivity contribution is 5.95. The summed E-state index contributed by atoms with van der Waals surface area (Å²) >= 11 is 0. The molecule has 1 saturated heterocycles. The van der Waals surface area contributed by atoms with E-state index in [2.05, 4.69) is 15.2 Å². The van der Waals surface area contributed by atoms with Crippen molar-refractivity contribution in [2.24, 2.45) is 0 Å². The van der Waals surface area contributed by atoms with Gasteiger partial charge in [0.05, 0.1) is 13.2 Å². The van der Waals surface area contributed by atoms with Crippen molar-refractivity contribution in [3.8, 4) is 17.2 Å². The van der Waals surface area contributed by atoms with Crippen LogP contribution in [0.4, 0.5) is 0 Å². The van der Waals surface area contributed by atoms with Crippen LogP contribution in [0.1, 0.15) is 22.5 Å². The van der Waals surface area contributed by atoms with Gasteiger partial charge in [0.15, 0.2) is 0 Å². The SMILES string of the molecule is N#Cc1ccc(-c2cccc(C(=O)NCCCN3CCOCC3)c2)cn1. The zero-order valence-corrected chi connectivity index (χ0v) is 14.6. The van der Waals surface area contributed by atoms with Crippen molar-refractivity contribution in [3.63, 3.8) is 0 Å². The molecule has 2 heterocycles. The minimum atomic E-state index is -0.0737. The highest BCUT2D eigenvalue weighted by atomic mass is 16.5. The van der Waals surface area contributed by atoms with E-state index in [-0.39, 0.29) is 5.91 Å². The van der Waals surface area contributed by atoms with E-state index in [4.69, 9.17) is 10.00 Å². The monoisotopic (exact) mass is 350 g/mol. The number of aromatic nitrogens is 1. The molecule has 1 fully saturated rings. The van der Waals surface area contributed by atoms with Crippen LogP contribution in [0.3, 0.4) is 0 Å².